The molecule has 2 aliphatic rings. The number of hydrogen-bond acceptors (Lipinski definition) is 3. The van der Waals surface area contributed by atoms with Crippen LogP contribution in [0.4, 0.5) is 0 Å². The van der Waals surface area contributed by atoms with Crippen molar-refractivity contribution in [1.82, 2.24) is 15.5 Å². The van der Waals surface area contributed by atoms with E-state index in [2.05, 4.69) is 29.4 Å². The maximum absolute atomic E-state index is 11.8. The highest BCUT2D eigenvalue weighted by molar-refractivity contribution is 5.76. The first-order valence-electron chi connectivity index (χ1n) is 7.39. The monoisotopic (exact) mass is 253 g/mol. The van der Waals surface area contributed by atoms with Crippen LogP contribution in [0.2, 0.25) is 0 Å². The van der Waals surface area contributed by atoms with E-state index in [0.29, 0.717) is 24.4 Å². The molecule has 18 heavy (non-hydrogen) atoms. The Bertz CT molecular complexity index is 274. The number of nitrogens with one attached hydrogen (secondary N) is 2. The fourth-order valence-corrected chi connectivity index (χ4v) is 2.98. The quantitative estimate of drug-likeness (QED) is 0.767. The largest absolute Gasteiger partial charge is 0.356 e. The third-order valence-electron chi connectivity index (χ3n) is 4.23. The lowest BCUT2D eigenvalue weighted by Crippen LogP contribution is -2.35. The number of hydrogen-bond donors (Lipinski definition) is 2. The van der Waals surface area contributed by atoms with Crippen molar-refractivity contribution in [3.05, 3.63) is 0 Å². The number of rotatable bonds is 5. The molecule has 0 aliphatic carbocycles. The van der Waals surface area contributed by atoms with Crippen LogP contribution in [0, 0.1) is 5.92 Å². The summed E-state index contributed by atoms with van der Waals surface area (Å²) in [5, 5.41) is 6.47. The van der Waals surface area contributed by atoms with Gasteiger partial charge in [0.05, 0.1) is 0 Å². The van der Waals surface area contributed by atoms with Crippen molar-refractivity contribution in [1.29, 1.82) is 0 Å². The molecule has 0 spiro atoms. The van der Waals surface area contributed by atoms with Crippen LogP contribution in [0.25, 0.3) is 0 Å². The Balaban J connectivity index is 1.61. The average Bonchev–Trinajstić information content (AvgIpc) is 2.96. The molecule has 2 aliphatic heterocycles. The van der Waals surface area contributed by atoms with E-state index in [0.717, 1.165) is 26.1 Å². The van der Waals surface area contributed by atoms with Crippen LogP contribution in [0.1, 0.15) is 39.5 Å². The van der Waals surface area contributed by atoms with E-state index in [1.54, 1.807) is 0 Å². The predicted molar refractivity (Wildman–Crippen MR) is 73.5 cm³/mol. The number of carbonyl (C=O) groups excluding carboxylic acids is 1. The van der Waals surface area contributed by atoms with Gasteiger partial charge in [-0.2, -0.15) is 0 Å². The van der Waals surface area contributed by atoms with E-state index in [1.165, 1.54) is 19.4 Å². The molecule has 2 N–H and O–H groups in total. The summed E-state index contributed by atoms with van der Waals surface area (Å²) in [5.74, 6) is 0.866. The van der Waals surface area contributed by atoms with Crippen molar-refractivity contribution < 1.29 is 4.79 Å². The highest BCUT2D eigenvalue weighted by atomic mass is 16.1. The van der Waals surface area contributed by atoms with Crippen molar-refractivity contribution in [2.75, 3.05) is 26.2 Å². The van der Waals surface area contributed by atoms with Crippen molar-refractivity contribution >= 4 is 5.91 Å². The highest BCUT2D eigenvalue weighted by Gasteiger charge is 2.25. The van der Waals surface area contributed by atoms with E-state index in [9.17, 15) is 4.79 Å². The molecule has 0 bridgehead atoms. The summed E-state index contributed by atoms with van der Waals surface area (Å²) >= 11 is 0. The van der Waals surface area contributed by atoms with Crippen LogP contribution in [0.15, 0.2) is 0 Å². The predicted octanol–water partition coefficient (Wildman–Crippen LogP) is 0.975. The Morgan fingerprint density at radius 1 is 1.44 bits per heavy atom. The van der Waals surface area contributed by atoms with Gasteiger partial charge in [-0.25, -0.2) is 0 Å². The Morgan fingerprint density at radius 3 is 2.89 bits per heavy atom. The molecule has 4 nitrogen and oxygen atoms in total. The molecular formula is C14H27N3O. The Hall–Kier alpha value is -0.610. The molecule has 0 radical (unpaired) electrons. The summed E-state index contributed by atoms with van der Waals surface area (Å²) in [7, 11) is 0. The molecule has 0 saturated carbocycles. The summed E-state index contributed by atoms with van der Waals surface area (Å²) in [5.41, 5.74) is 0. The molecule has 2 fully saturated rings. The SMILES string of the molecule is CC(C)N1CCC(CNC(=O)CC2CCCN2)C1. The molecule has 2 rings (SSSR count). The van der Waals surface area contributed by atoms with Gasteiger partial charge in [0, 0.05) is 31.6 Å². The lowest BCUT2D eigenvalue weighted by Gasteiger charge is -2.20. The van der Waals surface area contributed by atoms with Gasteiger partial charge < -0.3 is 15.5 Å². The van der Waals surface area contributed by atoms with Crippen molar-refractivity contribution in [2.45, 2.75) is 51.6 Å². The van der Waals surface area contributed by atoms with Gasteiger partial charge in [-0.15, -0.1) is 0 Å². The van der Waals surface area contributed by atoms with E-state index in [4.69, 9.17) is 0 Å². The zero-order chi connectivity index (χ0) is 13.0. The maximum atomic E-state index is 11.8. The van der Waals surface area contributed by atoms with Gasteiger partial charge in [0.15, 0.2) is 0 Å². The van der Waals surface area contributed by atoms with Crippen molar-refractivity contribution in [2.24, 2.45) is 5.92 Å². The summed E-state index contributed by atoms with van der Waals surface area (Å²) in [4.78, 5) is 14.3. The molecule has 2 atom stereocenters. The lowest BCUT2D eigenvalue weighted by molar-refractivity contribution is -0.121. The Kier molecular flexibility index (Phi) is 5.01. The normalized spacial score (nSPS) is 29.1. The van der Waals surface area contributed by atoms with E-state index < -0.39 is 0 Å². The van der Waals surface area contributed by atoms with Gasteiger partial charge in [0.25, 0.3) is 0 Å². The fourth-order valence-electron chi connectivity index (χ4n) is 2.98. The van der Waals surface area contributed by atoms with Gasteiger partial charge in [-0.05, 0) is 52.1 Å². The van der Waals surface area contributed by atoms with Crippen molar-refractivity contribution in [3.8, 4) is 0 Å². The molecule has 0 aromatic carbocycles. The Labute approximate surface area is 110 Å². The number of carbonyl (C=O) groups is 1. The molecule has 1 amide bonds. The highest BCUT2D eigenvalue weighted by Crippen LogP contribution is 2.17. The summed E-state index contributed by atoms with van der Waals surface area (Å²) in [6.45, 7) is 8.74. The molecule has 0 aromatic rings. The molecular weight excluding hydrogens is 226 g/mol. The van der Waals surface area contributed by atoms with Crippen LogP contribution in [0.3, 0.4) is 0 Å². The van der Waals surface area contributed by atoms with Crippen LogP contribution in [-0.2, 0) is 4.79 Å². The van der Waals surface area contributed by atoms with Gasteiger partial charge in [0.2, 0.25) is 5.91 Å². The lowest BCUT2D eigenvalue weighted by atomic mass is 10.1. The minimum atomic E-state index is 0.220. The van der Waals surface area contributed by atoms with E-state index in [-0.39, 0.29) is 5.91 Å². The third-order valence-corrected chi connectivity index (χ3v) is 4.23. The second-order valence-corrected chi connectivity index (χ2v) is 6.04. The second-order valence-electron chi connectivity index (χ2n) is 6.04. The van der Waals surface area contributed by atoms with Gasteiger partial charge in [-0.1, -0.05) is 0 Å². The number of nitrogens with zero attached hydrogens (tertiary/aromatic N) is 1. The summed E-state index contributed by atoms with van der Waals surface area (Å²) in [6, 6.07) is 1.05. The van der Waals surface area contributed by atoms with Gasteiger partial charge in [-0.3, -0.25) is 4.79 Å². The standard InChI is InChI=1S/C14H27N3O/c1-11(2)17-7-5-12(10-17)9-16-14(18)8-13-4-3-6-15-13/h11-13,15H,3-10H2,1-2H3,(H,16,18). The van der Waals surface area contributed by atoms with E-state index in [1.807, 2.05) is 0 Å². The molecule has 4 heteroatoms. The first-order valence-corrected chi connectivity index (χ1v) is 7.39. The van der Waals surface area contributed by atoms with Crippen LogP contribution >= 0.6 is 0 Å². The molecule has 104 valence electrons. The van der Waals surface area contributed by atoms with Crippen LogP contribution < -0.4 is 10.6 Å². The average molecular weight is 253 g/mol. The van der Waals surface area contributed by atoms with Crippen LogP contribution in [0.5, 0.6) is 0 Å². The minimum Gasteiger partial charge on any atom is -0.356 e. The minimum absolute atomic E-state index is 0.220. The fraction of sp³-hybridized carbons (Fsp3) is 0.929. The summed E-state index contributed by atoms with van der Waals surface area (Å²) < 4.78 is 0. The molecule has 2 saturated heterocycles. The first kappa shape index (κ1) is 13.8. The topological polar surface area (TPSA) is 44.4 Å². The first-order chi connectivity index (χ1) is 8.65. The smallest absolute Gasteiger partial charge is 0.221 e. The van der Waals surface area contributed by atoms with E-state index >= 15 is 0 Å². The Morgan fingerprint density at radius 2 is 2.28 bits per heavy atom. The van der Waals surface area contributed by atoms with Gasteiger partial charge >= 0.3 is 0 Å². The summed E-state index contributed by atoms with van der Waals surface area (Å²) in [6.07, 6.45) is 4.24. The van der Waals surface area contributed by atoms with Crippen molar-refractivity contribution in [3.63, 3.8) is 0 Å². The zero-order valence-electron chi connectivity index (χ0n) is 11.7. The number of amides is 1. The molecule has 2 heterocycles. The zero-order valence-corrected chi connectivity index (χ0v) is 11.7. The second kappa shape index (κ2) is 6.53. The molecule has 2 unspecified atom stereocenters. The third kappa shape index (κ3) is 3.95. The van der Waals surface area contributed by atoms with Gasteiger partial charge in [0.1, 0.15) is 0 Å². The number of likely N-dealkylation sites (tertiary alicyclic amines) is 1. The maximum Gasteiger partial charge on any atom is 0.221 e. The van der Waals surface area contributed by atoms with Crippen LogP contribution in [-0.4, -0.2) is 49.1 Å². The molecule has 0 aromatic heterocycles.